The van der Waals surface area contributed by atoms with Gasteiger partial charge in [-0.25, -0.2) is 0 Å². The van der Waals surface area contributed by atoms with E-state index in [4.69, 9.17) is 19.4 Å². The fourth-order valence-electron chi connectivity index (χ4n) is 4.46. The van der Waals surface area contributed by atoms with Crippen molar-refractivity contribution in [3.05, 3.63) is 41.6 Å². The zero-order valence-electron chi connectivity index (χ0n) is 22.9. The van der Waals surface area contributed by atoms with Crippen molar-refractivity contribution < 1.29 is 14.3 Å². The molecule has 1 aromatic carbocycles. The monoisotopic (exact) mass is 524 g/mol. The molecule has 0 radical (unpaired) electrons. The fourth-order valence-corrected chi connectivity index (χ4v) is 4.46. The quantitative estimate of drug-likeness (QED) is 0.274. The maximum atomic E-state index is 12.0. The van der Waals surface area contributed by atoms with Gasteiger partial charge in [-0.15, -0.1) is 0 Å². The highest BCUT2D eigenvalue weighted by atomic mass is 16.5. The summed E-state index contributed by atoms with van der Waals surface area (Å²) in [6.07, 6.45) is 4.21. The lowest BCUT2D eigenvalue weighted by atomic mass is 10.1. The lowest BCUT2D eigenvalue weighted by molar-refractivity contribution is -0.122. The molecule has 0 spiro atoms. The highest BCUT2D eigenvalue weighted by Gasteiger charge is 2.18. The van der Waals surface area contributed by atoms with Crippen LogP contribution in [-0.4, -0.2) is 83.4 Å². The predicted molar refractivity (Wildman–Crippen MR) is 148 cm³/mol. The second-order valence-electron chi connectivity index (χ2n) is 9.88. The van der Waals surface area contributed by atoms with E-state index in [1.165, 1.54) is 12.8 Å². The van der Waals surface area contributed by atoms with Crippen LogP contribution in [0.25, 0.3) is 5.65 Å². The smallest absolute Gasteiger partial charge is 0.234 e. The summed E-state index contributed by atoms with van der Waals surface area (Å²) in [5.41, 5.74) is 2.88. The second-order valence-corrected chi connectivity index (χ2v) is 9.88. The van der Waals surface area contributed by atoms with Crippen molar-refractivity contribution in [1.29, 1.82) is 0 Å². The first-order chi connectivity index (χ1) is 18.4. The number of carbonyl (C=O) groups is 1. The van der Waals surface area contributed by atoms with E-state index < -0.39 is 0 Å². The topological polar surface area (TPSA) is 118 Å². The maximum Gasteiger partial charge on any atom is 0.234 e. The first-order valence-electron chi connectivity index (χ1n) is 13.4. The summed E-state index contributed by atoms with van der Waals surface area (Å²) in [5.74, 6) is 2.23. The van der Waals surface area contributed by atoms with Crippen LogP contribution in [0, 0.1) is 0 Å². The van der Waals surface area contributed by atoms with Crippen LogP contribution in [0.1, 0.15) is 56.7 Å². The molecular weight excluding hydrogens is 484 g/mol. The van der Waals surface area contributed by atoms with Gasteiger partial charge in [0, 0.05) is 18.7 Å². The molecule has 1 unspecified atom stereocenters. The summed E-state index contributed by atoms with van der Waals surface area (Å²) >= 11 is 0. The molecule has 1 aliphatic rings. The number of anilines is 2. The molecular formula is C27H40N8O3. The van der Waals surface area contributed by atoms with Crippen molar-refractivity contribution in [2.24, 2.45) is 0 Å². The van der Waals surface area contributed by atoms with E-state index in [9.17, 15) is 4.79 Å². The van der Waals surface area contributed by atoms with Gasteiger partial charge in [0.2, 0.25) is 17.8 Å². The summed E-state index contributed by atoms with van der Waals surface area (Å²) in [4.78, 5) is 23.6. The number of nitrogens with one attached hydrogen (secondary N) is 3. The Hall–Kier alpha value is -3.44. The number of nitrogens with zero attached hydrogens (tertiary/aromatic N) is 5. The van der Waals surface area contributed by atoms with Crippen molar-refractivity contribution >= 4 is 23.5 Å². The number of amides is 1. The number of aromatic nitrogens is 4. The van der Waals surface area contributed by atoms with E-state index in [0.29, 0.717) is 44.7 Å². The van der Waals surface area contributed by atoms with Crippen molar-refractivity contribution in [1.82, 2.24) is 29.8 Å². The summed E-state index contributed by atoms with van der Waals surface area (Å²) in [6, 6.07) is 7.91. The number of carbonyl (C=O) groups excluding carboxylic acids is 1. The van der Waals surface area contributed by atoms with Crippen LogP contribution in [0.5, 0.6) is 5.75 Å². The van der Waals surface area contributed by atoms with Gasteiger partial charge in [0.25, 0.3) is 0 Å². The van der Waals surface area contributed by atoms with Crippen LogP contribution in [0.2, 0.25) is 0 Å². The average molecular weight is 525 g/mol. The molecule has 2 aromatic heterocycles. The average Bonchev–Trinajstić information content (AvgIpc) is 3.58. The molecule has 1 saturated heterocycles. The Kier molecular flexibility index (Phi) is 9.72. The summed E-state index contributed by atoms with van der Waals surface area (Å²) in [6.45, 7) is 10.8. The second kappa shape index (κ2) is 13.4. The summed E-state index contributed by atoms with van der Waals surface area (Å²) in [7, 11) is 1.66. The summed E-state index contributed by atoms with van der Waals surface area (Å²) < 4.78 is 12.8. The molecule has 3 aromatic rings. The number of hydrogen-bond acceptors (Lipinski definition) is 9. The van der Waals surface area contributed by atoms with Gasteiger partial charge in [0.15, 0.2) is 5.65 Å². The molecule has 206 valence electrons. The van der Waals surface area contributed by atoms with Crippen LogP contribution >= 0.6 is 0 Å². The van der Waals surface area contributed by atoms with Crippen molar-refractivity contribution in [3.63, 3.8) is 0 Å². The first kappa shape index (κ1) is 27.6. The third-order valence-corrected chi connectivity index (χ3v) is 6.62. The van der Waals surface area contributed by atoms with Crippen molar-refractivity contribution in [2.45, 2.75) is 45.6 Å². The highest BCUT2D eigenvalue weighted by molar-refractivity contribution is 5.78. The van der Waals surface area contributed by atoms with E-state index in [1.54, 1.807) is 11.6 Å². The number of likely N-dealkylation sites (tertiary alicyclic amines) is 1. The SMILES string of the molecule is COc1cccc(C(C)Nc2nc(NCCOCCNC(=O)CN3CCCC3)nc3c(C(C)C)cnn23)c1. The lowest BCUT2D eigenvalue weighted by Crippen LogP contribution is -2.37. The number of rotatable bonds is 14. The van der Waals surface area contributed by atoms with Gasteiger partial charge in [-0.2, -0.15) is 19.6 Å². The van der Waals surface area contributed by atoms with Crippen molar-refractivity contribution in [3.8, 4) is 5.75 Å². The molecule has 0 aliphatic carbocycles. The zero-order chi connectivity index (χ0) is 26.9. The Morgan fingerprint density at radius 3 is 2.66 bits per heavy atom. The van der Waals surface area contributed by atoms with Crippen LogP contribution in [0.3, 0.4) is 0 Å². The molecule has 3 heterocycles. The van der Waals surface area contributed by atoms with E-state index in [-0.39, 0.29) is 17.9 Å². The van der Waals surface area contributed by atoms with E-state index in [0.717, 1.165) is 35.6 Å². The molecule has 0 bridgehead atoms. The minimum Gasteiger partial charge on any atom is -0.497 e. The number of benzene rings is 1. The van der Waals surface area contributed by atoms with E-state index in [2.05, 4.69) is 46.7 Å². The van der Waals surface area contributed by atoms with Crippen LogP contribution in [-0.2, 0) is 9.53 Å². The van der Waals surface area contributed by atoms with Crippen LogP contribution in [0.4, 0.5) is 11.9 Å². The zero-order valence-corrected chi connectivity index (χ0v) is 22.9. The Balaban J connectivity index is 1.32. The Morgan fingerprint density at radius 1 is 1.11 bits per heavy atom. The molecule has 11 heteroatoms. The number of fused-ring (bicyclic) bond motifs is 1. The molecule has 1 amide bonds. The molecule has 1 atom stereocenters. The molecule has 38 heavy (non-hydrogen) atoms. The van der Waals surface area contributed by atoms with Gasteiger partial charge >= 0.3 is 0 Å². The van der Waals surface area contributed by atoms with E-state index >= 15 is 0 Å². The first-order valence-corrected chi connectivity index (χ1v) is 13.4. The molecule has 11 nitrogen and oxygen atoms in total. The Bertz CT molecular complexity index is 1190. The minimum absolute atomic E-state index is 0.0354. The van der Waals surface area contributed by atoms with Crippen molar-refractivity contribution in [2.75, 3.05) is 63.7 Å². The maximum absolute atomic E-state index is 12.0. The molecule has 1 fully saturated rings. The number of hydrogen-bond donors (Lipinski definition) is 3. The van der Waals surface area contributed by atoms with Crippen LogP contribution in [0.15, 0.2) is 30.5 Å². The summed E-state index contributed by atoms with van der Waals surface area (Å²) in [5, 5.41) is 14.2. The molecule has 0 saturated carbocycles. The van der Waals surface area contributed by atoms with Gasteiger partial charge in [-0.1, -0.05) is 26.0 Å². The standard InChI is InChI=1S/C27H40N8O3/c1-19(2)23-17-30-35-25(23)32-26(33-27(35)31-20(3)21-8-7-9-22(16-21)37-4)29-11-15-38-14-10-28-24(36)18-34-12-5-6-13-34/h7-9,16-17,19-20H,5-6,10-15,18H2,1-4H3,(H,28,36)(H2,29,31,32,33). The van der Waals surface area contributed by atoms with Crippen LogP contribution < -0.4 is 20.7 Å². The third kappa shape index (κ3) is 7.32. The molecule has 4 rings (SSSR count). The Labute approximate surface area is 224 Å². The number of methoxy groups -OCH3 is 1. The third-order valence-electron chi connectivity index (χ3n) is 6.62. The van der Waals surface area contributed by atoms with Gasteiger partial charge in [-0.3, -0.25) is 9.69 Å². The Morgan fingerprint density at radius 2 is 1.89 bits per heavy atom. The molecule has 3 N–H and O–H groups in total. The molecule has 1 aliphatic heterocycles. The van der Waals surface area contributed by atoms with Gasteiger partial charge < -0.3 is 25.4 Å². The predicted octanol–water partition coefficient (Wildman–Crippen LogP) is 3.07. The van der Waals surface area contributed by atoms with Gasteiger partial charge in [-0.05, 0) is 56.5 Å². The van der Waals surface area contributed by atoms with Gasteiger partial charge in [0.1, 0.15) is 5.75 Å². The largest absolute Gasteiger partial charge is 0.497 e. The van der Waals surface area contributed by atoms with E-state index in [1.807, 2.05) is 30.5 Å². The van der Waals surface area contributed by atoms with Gasteiger partial charge in [0.05, 0.1) is 39.1 Å². The lowest BCUT2D eigenvalue weighted by Gasteiger charge is -2.17. The normalized spacial score (nSPS) is 14.7. The number of ether oxygens (including phenoxy) is 2. The minimum atomic E-state index is -0.0354. The fraction of sp³-hybridized carbons (Fsp3) is 0.556. The highest BCUT2D eigenvalue weighted by Crippen LogP contribution is 2.25.